The lowest BCUT2D eigenvalue weighted by Crippen LogP contribution is -2.54. The number of nitrogens with one attached hydrogen (secondary N) is 1. The molecule has 2 atom stereocenters. The molecule has 7 heteroatoms. The molecule has 21 heavy (non-hydrogen) atoms. The van der Waals surface area contributed by atoms with E-state index >= 15 is 0 Å². The Morgan fingerprint density at radius 2 is 2.05 bits per heavy atom. The quantitative estimate of drug-likeness (QED) is 0.838. The van der Waals surface area contributed by atoms with E-state index in [2.05, 4.69) is 5.32 Å². The minimum Gasteiger partial charge on any atom is -0.480 e. The van der Waals surface area contributed by atoms with Gasteiger partial charge in [-0.2, -0.15) is 0 Å². The van der Waals surface area contributed by atoms with Gasteiger partial charge in [-0.05, 0) is 32.4 Å². The third kappa shape index (κ3) is 4.25. The van der Waals surface area contributed by atoms with E-state index in [0.717, 1.165) is 0 Å². The monoisotopic (exact) mass is 333 g/mol. The molecule has 5 nitrogen and oxygen atoms in total. The molecular weight excluding hydrogens is 317 g/mol. The van der Waals surface area contributed by atoms with E-state index in [1.165, 1.54) is 13.8 Å². The average molecular weight is 334 g/mol. The van der Waals surface area contributed by atoms with Gasteiger partial charge < -0.3 is 15.2 Å². The molecule has 116 valence electrons. The number of hydrogen-bond donors (Lipinski definition) is 2. The number of carboxylic acids is 1. The van der Waals surface area contributed by atoms with Crippen LogP contribution in [0.25, 0.3) is 0 Å². The Morgan fingerprint density at radius 1 is 1.43 bits per heavy atom. The number of benzene rings is 1. The van der Waals surface area contributed by atoms with Crippen molar-refractivity contribution in [3.05, 3.63) is 28.2 Å². The van der Waals surface area contributed by atoms with Crippen LogP contribution in [0.3, 0.4) is 0 Å². The van der Waals surface area contributed by atoms with Crippen molar-refractivity contribution in [2.75, 3.05) is 0 Å². The topological polar surface area (TPSA) is 75.6 Å². The van der Waals surface area contributed by atoms with Crippen LogP contribution in [0.1, 0.15) is 27.2 Å². The summed E-state index contributed by atoms with van der Waals surface area (Å²) in [6, 6.07) is 4.82. The normalized spacial score (nSPS) is 14.9. The molecule has 2 N–H and O–H groups in total. The van der Waals surface area contributed by atoms with Gasteiger partial charge in [0.2, 0.25) is 0 Å². The van der Waals surface area contributed by atoms with Crippen molar-refractivity contribution in [1.29, 1.82) is 0 Å². The Kier molecular flexibility index (Phi) is 5.87. The van der Waals surface area contributed by atoms with E-state index < -0.39 is 23.5 Å². The molecule has 1 aromatic carbocycles. The lowest BCUT2D eigenvalue weighted by molar-refractivity contribution is -0.148. The van der Waals surface area contributed by atoms with Gasteiger partial charge in [0.25, 0.3) is 5.91 Å². The Labute approximate surface area is 133 Å². The molecule has 1 rings (SSSR count). The summed E-state index contributed by atoms with van der Waals surface area (Å²) in [6.07, 6.45) is -0.662. The van der Waals surface area contributed by atoms with Crippen molar-refractivity contribution >= 4 is 35.1 Å². The first-order valence-corrected chi connectivity index (χ1v) is 7.13. The maximum Gasteiger partial charge on any atom is 0.329 e. The number of ether oxygens (including phenoxy) is 1. The number of carbonyl (C=O) groups is 2. The van der Waals surface area contributed by atoms with Gasteiger partial charge >= 0.3 is 5.97 Å². The molecule has 0 fully saturated rings. The van der Waals surface area contributed by atoms with E-state index in [9.17, 15) is 9.59 Å². The number of hydrogen-bond acceptors (Lipinski definition) is 3. The fourth-order valence-electron chi connectivity index (χ4n) is 1.49. The van der Waals surface area contributed by atoms with Gasteiger partial charge in [-0.15, -0.1) is 0 Å². The molecule has 2 unspecified atom stereocenters. The highest BCUT2D eigenvalue weighted by molar-refractivity contribution is 6.42. The van der Waals surface area contributed by atoms with Crippen molar-refractivity contribution < 1.29 is 19.4 Å². The Morgan fingerprint density at radius 3 is 2.57 bits per heavy atom. The molecule has 0 saturated carbocycles. The minimum absolute atomic E-state index is 0.204. The summed E-state index contributed by atoms with van der Waals surface area (Å²) < 4.78 is 5.44. The fourth-order valence-corrected chi connectivity index (χ4v) is 1.82. The van der Waals surface area contributed by atoms with Gasteiger partial charge in [0.05, 0.1) is 5.02 Å². The van der Waals surface area contributed by atoms with Crippen LogP contribution in [-0.4, -0.2) is 28.6 Å². The van der Waals surface area contributed by atoms with Crippen LogP contribution in [0.5, 0.6) is 5.75 Å². The van der Waals surface area contributed by atoms with Gasteiger partial charge in [0.15, 0.2) is 6.10 Å². The van der Waals surface area contributed by atoms with Crippen LogP contribution >= 0.6 is 23.2 Å². The van der Waals surface area contributed by atoms with Crippen molar-refractivity contribution in [2.24, 2.45) is 0 Å². The minimum atomic E-state index is -1.34. The highest BCUT2D eigenvalue weighted by atomic mass is 35.5. The second-order valence-corrected chi connectivity index (χ2v) is 5.58. The first kappa shape index (κ1) is 17.6. The highest BCUT2D eigenvalue weighted by Crippen LogP contribution is 2.32. The predicted octanol–water partition coefficient (Wildman–Crippen LogP) is 3.13. The SMILES string of the molecule is CCC(C)(NC(=O)C(C)Oc1cccc(Cl)c1Cl)C(=O)O. The number of carboxylic acid groups (broad SMARTS) is 1. The van der Waals surface area contributed by atoms with Crippen LogP contribution in [0.4, 0.5) is 0 Å². The van der Waals surface area contributed by atoms with Gasteiger partial charge in [-0.3, -0.25) is 4.79 Å². The second kappa shape index (κ2) is 7.00. The Bertz CT molecular complexity index is 550. The van der Waals surface area contributed by atoms with E-state index in [0.29, 0.717) is 5.02 Å². The highest BCUT2D eigenvalue weighted by Gasteiger charge is 2.34. The van der Waals surface area contributed by atoms with Crippen LogP contribution in [0, 0.1) is 0 Å². The molecule has 0 aliphatic heterocycles. The zero-order valence-corrected chi connectivity index (χ0v) is 13.5. The molecule has 0 aliphatic carbocycles. The standard InChI is InChI=1S/C14H17Cl2NO4/c1-4-14(3,13(19)20)17-12(18)8(2)21-10-7-5-6-9(15)11(10)16/h5-8H,4H2,1-3H3,(H,17,18)(H,19,20). The molecular formula is C14H17Cl2NO4. The summed E-state index contributed by atoms with van der Waals surface area (Å²) >= 11 is 11.8. The van der Waals surface area contributed by atoms with E-state index in [-0.39, 0.29) is 17.2 Å². The lowest BCUT2D eigenvalue weighted by Gasteiger charge is -2.26. The molecule has 0 radical (unpaired) electrons. The van der Waals surface area contributed by atoms with Gasteiger partial charge in [-0.25, -0.2) is 4.79 Å². The largest absolute Gasteiger partial charge is 0.480 e. The zero-order valence-electron chi connectivity index (χ0n) is 11.9. The van der Waals surface area contributed by atoms with Crippen molar-refractivity contribution in [3.8, 4) is 5.75 Å². The summed E-state index contributed by atoms with van der Waals surface area (Å²) in [6.45, 7) is 4.62. The maximum absolute atomic E-state index is 12.0. The number of aliphatic carboxylic acids is 1. The van der Waals surface area contributed by atoms with Crippen molar-refractivity contribution in [2.45, 2.75) is 38.8 Å². The van der Waals surface area contributed by atoms with Gasteiger partial charge in [0, 0.05) is 0 Å². The third-order valence-corrected chi connectivity index (χ3v) is 3.97. The van der Waals surface area contributed by atoms with E-state index in [1.54, 1.807) is 25.1 Å². The number of halogens is 2. The third-order valence-electron chi connectivity index (χ3n) is 3.17. The molecule has 1 aromatic rings. The average Bonchev–Trinajstić information content (AvgIpc) is 2.43. The summed E-state index contributed by atoms with van der Waals surface area (Å²) in [5.41, 5.74) is -1.34. The van der Waals surface area contributed by atoms with Gasteiger partial charge in [0.1, 0.15) is 16.3 Å². The van der Waals surface area contributed by atoms with Crippen LogP contribution < -0.4 is 10.1 Å². The van der Waals surface area contributed by atoms with Crippen LogP contribution in [0.15, 0.2) is 18.2 Å². The van der Waals surface area contributed by atoms with Crippen molar-refractivity contribution in [3.63, 3.8) is 0 Å². The Balaban J connectivity index is 2.80. The zero-order chi connectivity index (χ0) is 16.2. The van der Waals surface area contributed by atoms with Gasteiger partial charge in [-0.1, -0.05) is 36.2 Å². The Hall–Kier alpha value is -1.46. The number of carbonyl (C=O) groups excluding carboxylic acids is 1. The molecule has 0 aromatic heterocycles. The first-order chi connectivity index (χ1) is 9.71. The molecule has 0 aliphatic rings. The summed E-state index contributed by atoms with van der Waals surface area (Å²) in [7, 11) is 0. The van der Waals surface area contributed by atoms with E-state index in [4.69, 9.17) is 33.0 Å². The number of amides is 1. The molecule has 1 amide bonds. The maximum atomic E-state index is 12.0. The summed E-state index contributed by atoms with van der Waals surface area (Å²) in [5.74, 6) is -1.38. The van der Waals surface area contributed by atoms with Crippen LogP contribution in [0.2, 0.25) is 10.0 Å². The molecule has 0 saturated heterocycles. The fraction of sp³-hybridized carbons (Fsp3) is 0.429. The molecule has 0 bridgehead atoms. The summed E-state index contributed by atoms with van der Waals surface area (Å²) in [5, 5.41) is 12.1. The number of rotatable bonds is 6. The van der Waals surface area contributed by atoms with E-state index in [1.807, 2.05) is 0 Å². The first-order valence-electron chi connectivity index (χ1n) is 6.37. The smallest absolute Gasteiger partial charge is 0.329 e. The van der Waals surface area contributed by atoms with Crippen molar-refractivity contribution in [1.82, 2.24) is 5.32 Å². The predicted molar refractivity (Wildman–Crippen MR) is 81.0 cm³/mol. The summed E-state index contributed by atoms with van der Waals surface area (Å²) in [4.78, 5) is 23.2. The van der Waals surface area contributed by atoms with Crippen LogP contribution in [-0.2, 0) is 9.59 Å². The lowest BCUT2D eigenvalue weighted by atomic mass is 9.99. The second-order valence-electron chi connectivity index (χ2n) is 4.79. The molecule has 0 spiro atoms. The molecule has 0 heterocycles.